The van der Waals surface area contributed by atoms with Gasteiger partial charge in [-0.2, -0.15) is 9.97 Å². The molecule has 1 heterocycles. The highest BCUT2D eigenvalue weighted by molar-refractivity contribution is 9.10. The number of nitrogens with one attached hydrogen (secondary N) is 1. The average molecular weight is 313 g/mol. The molecular formula is C11H10BrFN4O. The van der Waals surface area contributed by atoms with Crippen molar-refractivity contribution in [1.29, 1.82) is 0 Å². The van der Waals surface area contributed by atoms with Crippen LogP contribution in [0.2, 0.25) is 0 Å². The predicted molar refractivity (Wildman–Crippen MR) is 70.4 cm³/mol. The fourth-order valence-corrected chi connectivity index (χ4v) is 1.58. The van der Waals surface area contributed by atoms with Gasteiger partial charge in [0.1, 0.15) is 11.6 Å². The Morgan fingerprint density at radius 3 is 2.78 bits per heavy atom. The van der Waals surface area contributed by atoms with Gasteiger partial charge in [-0.25, -0.2) is 4.39 Å². The molecule has 0 saturated heterocycles. The highest BCUT2D eigenvalue weighted by Crippen LogP contribution is 2.23. The smallest absolute Gasteiger partial charge is 0.225 e. The van der Waals surface area contributed by atoms with Gasteiger partial charge < -0.3 is 15.8 Å². The molecule has 0 unspecified atom stereocenters. The Bertz CT molecular complexity index is 579. The summed E-state index contributed by atoms with van der Waals surface area (Å²) in [7, 11) is 1.48. The molecule has 0 saturated carbocycles. The van der Waals surface area contributed by atoms with Crippen LogP contribution < -0.4 is 15.8 Å². The van der Waals surface area contributed by atoms with E-state index in [1.165, 1.54) is 13.2 Å². The summed E-state index contributed by atoms with van der Waals surface area (Å²) in [5.41, 5.74) is 6.07. The molecule has 2 rings (SSSR count). The van der Waals surface area contributed by atoms with Crippen molar-refractivity contribution in [3.63, 3.8) is 0 Å². The first-order chi connectivity index (χ1) is 8.58. The van der Waals surface area contributed by atoms with Gasteiger partial charge in [-0.15, -0.1) is 0 Å². The molecule has 94 valence electrons. The fourth-order valence-electron chi connectivity index (χ4n) is 1.33. The van der Waals surface area contributed by atoms with E-state index in [1.807, 2.05) is 0 Å². The predicted octanol–water partition coefficient (Wildman–Crippen LogP) is 2.71. The molecule has 5 nitrogen and oxygen atoms in total. The fraction of sp³-hybridized carbons (Fsp3) is 0.0909. The van der Waals surface area contributed by atoms with Gasteiger partial charge in [0.25, 0.3) is 0 Å². The lowest BCUT2D eigenvalue weighted by Crippen LogP contribution is -2.02. The van der Waals surface area contributed by atoms with Gasteiger partial charge in [0.2, 0.25) is 11.8 Å². The number of anilines is 3. The topological polar surface area (TPSA) is 73.1 Å². The van der Waals surface area contributed by atoms with Gasteiger partial charge in [-0.1, -0.05) is 0 Å². The van der Waals surface area contributed by atoms with Crippen molar-refractivity contribution in [3.8, 4) is 5.88 Å². The van der Waals surface area contributed by atoms with Crippen molar-refractivity contribution in [2.24, 2.45) is 0 Å². The second-order valence-corrected chi connectivity index (χ2v) is 4.26. The highest BCUT2D eigenvalue weighted by atomic mass is 79.9. The van der Waals surface area contributed by atoms with E-state index in [2.05, 4.69) is 31.2 Å². The molecular weight excluding hydrogens is 303 g/mol. The zero-order chi connectivity index (χ0) is 13.1. The molecule has 18 heavy (non-hydrogen) atoms. The number of methoxy groups -OCH3 is 1. The molecule has 3 N–H and O–H groups in total. The normalized spacial score (nSPS) is 10.2. The molecule has 0 amide bonds. The Kier molecular flexibility index (Phi) is 3.61. The summed E-state index contributed by atoms with van der Waals surface area (Å²) in [5, 5.41) is 2.92. The largest absolute Gasteiger partial charge is 0.481 e. The second-order valence-electron chi connectivity index (χ2n) is 3.41. The first-order valence-corrected chi connectivity index (χ1v) is 5.78. The number of nitrogens with zero attached hydrogens (tertiary/aromatic N) is 2. The number of ether oxygens (including phenoxy) is 1. The van der Waals surface area contributed by atoms with Crippen LogP contribution in [0, 0.1) is 5.82 Å². The van der Waals surface area contributed by atoms with E-state index in [-0.39, 0.29) is 11.8 Å². The molecule has 1 aromatic carbocycles. The minimum atomic E-state index is -0.367. The summed E-state index contributed by atoms with van der Waals surface area (Å²) < 4.78 is 18.7. The van der Waals surface area contributed by atoms with E-state index < -0.39 is 0 Å². The standard InChI is InChI=1S/C11H10BrFN4O/c1-18-10-5-9(16-11(14)17-10)15-6-2-3-7(12)8(13)4-6/h2-5H,1H3,(H3,14,15,16,17). The molecule has 0 aliphatic rings. The third-order valence-electron chi connectivity index (χ3n) is 2.12. The van der Waals surface area contributed by atoms with E-state index >= 15 is 0 Å². The molecule has 1 aromatic heterocycles. The van der Waals surface area contributed by atoms with E-state index in [0.717, 1.165) is 0 Å². The Balaban J connectivity index is 2.27. The molecule has 7 heteroatoms. The summed E-state index contributed by atoms with van der Waals surface area (Å²) in [4.78, 5) is 7.82. The summed E-state index contributed by atoms with van der Waals surface area (Å²) in [5.74, 6) is 0.479. The van der Waals surface area contributed by atoms with Crippen molar-refractivity contribution >= 4 is 33.4 Å². The molecule has 0 aliphatic carbocycles. The van der Waals surface area contributed by atoms with Crippen LogP contribution in [0.3, 0.4) is 0 Å². The monoisotopic (exact) mass is 312 g/mol. The van der Waals surface area contributed by atoms with Crippen LogP contribution in [0.15, 0.2) is 28.7 Å². The quantitative estimate of drug-likeness (QED) is 0.911. The summed E-state index contributed by atoms with van der Waals surface area (Å²) >= 11 is 3.08. The number of nitrogen functional groups attached to an aromatic ring is 1. The lowest BCUT2D eigenvalue weighted by molar-refractivity contribution is 0.398. The molecule has 0 fully saturated rings. The van der Waals surface area contributed by atoms with Gasteiger partial charge in [0.15, 0.2) is 0 Å². The summed E-state index contributed by atoms with van der Waals surface area (Å²) in [6, 6.07) is 6.21. The second kappa shape index (κ2) is 5.18. The third-order valence-corrected chi connectivity index (χ3v) is 2.76. The lowest BCUT2D eigenvalue weighted by Gasteiger charge is -2.08. The molecule has 0 aliphatic heterocycles. The zero-order valence-electron chi connectivity index (χ0n) is 9.45. The number of rotatable bonds is 3. The SMILES string of the molecule is COc1cc(Nc2ccc(Br)c(F)c2)nc(N)n1. The molecule has 2 aromatic rings. The van der Waals surface area contributed by atoms with E-state index in [4.69, 9.17) is 10.5 Å². The first kappa shape index (κ1) is 12.6. The third kappa shape index (κ3) is 2.86. The molecule has 0 spiro atoms. The maximum Gasteiger partial charge on any atom is 0.225 e. The van der Waals surface area contributed by atoms with Crippen LogP contribution in [-0.2, 0) is 0 Å². The van der Waals surface area contributed by atoms with Gasteiger partial charge >= 0.3 is 0 Å². The number of hydrogen-bond donors (Lipinski definition) is 2. The van der Waals surface area contributed by atoms with Crippen LogP contribution in [0.1, 0.15) is 0 Å². The minimum Gasteiger partial charge on any atom is -0.481 e. The van der Waals surface area contributed by atoms with E-state index in [0.29, 0.717) is 21.9 Å². The zero-order valence-corrected chi connectivity index (χ0v) is 11.0. The average Bonchev–Trinajstić information content (AvgIpc) is 2.33. The number of aromatic nitrogens is 2. The Morgan fingerprint density at radius 1 is 1.33 bits per heavy atom. The summed E-state index contributed by atoms with van der Waals surface area (Å²) in [6.45, 7) is 0. The van der Waals surface area contributed by atoms with Gasteiger partial charge in [-0.05, 0) is 34.1 Å². The molecule has 0 bridgehead atoms. The summed E-state index contributed by atoms with van der Waals surface area (Å²) in [6.07, 6.45) is 0. The van der Waals surface area contributed by atoms with Crippen LogP contribution >= 0.6 is 15.9 Å². The van der Waals surface area contributed by atoms with Gasteiger partial charge in [0, 0.05) is 11.8 Å². The van der Waals surface area contributed by atoms with Gasteiger partial charge in [0.05, 0.1) is 11.6 Å². The van der Waals surface area contributed by atoms with Crippen molar-refractivity contribution in [1.82, 2.24) is 9.97 Å². The van der Waals surface area contributed by atoms with Crippen molar-refractivity contribution < 1.29 is 9.13 Å². The maximum atomic E-state index is 13.3. The molecule has 0 radical (unpaired) electrons. The van der Waals surface area contributed by atoms with Crippen molar-refractivity contribution in [2.75, 3.05) is 18.2 Å². The van der Waals surface area contributed by atoms with Crippen LogP contribution in [-0.4, -0.2) is 17.1 Å². The van der Waals surface area contributed by atoms with Gasteiger partial charge in [-0.3, -0.25) is 0 Å². The number of hydrogen-bond acceptors (Lipinski definition) is 5. The number of halogens is 2. The van der Waals surface area contributed by atoms with E-state index in [1.54, 1.807) is 18.2 Å². The van der Waals surface area contributed by atoms with Crippen molar-refractivity contribution in [3.05, 3.63) is 34.6 Å². The molecule has 0 atom stereocenters. The Hall–Kier alpha value is -1.89. The highest BCUT2D eigenvalue weighted by Gasteiger charge is 2.05. The Morgan fingerprint density at radius 2 is 2.11 bits per heavy atom. The van der Waals surface area contributed by atoms with Crippen LogP contribution in [0.4, 0.5) is 21.8 Å². The van der Waals surface area contributed by atoms with Crippen LogP contribution in [0.25, 0.3) is 0 Å². The van der Waals surface area contributed by atoms with Crippen LogP contribution in [0.5, 0.6) is 5.88 Å². The lowest BCUT2D eigenvalue weighted by atomic mass is 10.3. The minimum absolute atomic E-state index is 0.0782. The Labute approximate surface area is 111 Å². The van der Waals surface area contributed by atoms with Crippen molar-refractivity contribution in [2.45, 2.75) is 0 Å². The maximum absolute atomic E-state index is 13.3. The van der Waals surface area contributed by atoms with E-state index in [9.17, 15) is 4.39 Å². The number of benzene rings is 1. The number of nitrogens with two attached hydrogens (primary N) is 1. The first-order valence-electron chi connectivity index (χ1n) is 4.99.